The summed E-state index contributed by atoms with van der Waals surface area (Å²) in [5, 5.41) is 24.9. The largest absolute Gasteiger partial charge is 0.475 e. The van der Waals surface area contributed by atoms with Crippen LogP contribution in [0.15, 0.2) is 83.9 Å². The minimum Gasteiger partial charge on any atom is -0.426 e. The number of carbonyl (C=O) groups excluding carboxylic acids is 1. The van der Waals surface area contributed by atoms with Gasteiger partial charge in [0.05, 0.1) is 11.5 Å². The van der Waals surface area contributed by atoms with Gasteiger partial charge >= 0.3 is 7.12 Å². The zero-order valence-electron chi connectivity index (χ0n) is 20.7. The summed E-state index contributed by atoms with van der Waals surface area (Å²) in [5.41, 5.74) is 1.08. The van der Waals surface area contributed by atoms with E-state index >= 15 is 0 Å². The van der Waals surface area contributed by atoms with Crippen LogP contribution in [-0.4, -0.2) is 48.5 Å². The van der Waals surface area contributed by atoms with Crippen LogP contribution in [0.1, 0.15) is 25.8 Å². The summed E-state index contributed by atoms with van der Waals surface area (Å²) in [5.74, 6) is -1.53. The number of hydrogen-bond acceptors (Lipinski definition) is 6. The second kappa shape index (κ2) is 11.4. The van der Waals surface area contributed by atoms with Crippen molar-refractivity contribution in [3.63, 3.8) is 0 Å². The van der Waals surface area contributed by atoms with Gasteiger partial charge in [0.1, 0.15) is 10.9 Å². The number of amides is 1. The third-order valence-electron chi connectivity index (χ3n) is 6.22. The van der Waals surface area contributed by atoms with Crippen LogP contribution in [-0.2, 0) is 21.2 Å². The van der Waals surface area contributed by atoms with Crippen LogP contribution in [0, 0.1) is 5.92 Å². The lowest BCUT2D eigenvalue weighted by Gasteiger charge is -2.24. The van der Waals surface area contributed by atoms with Gasteiger partial charge in [-0.05, 0) is 47.2 Å². The van der Waals surface area contributed by atoms with Crippen molar-refractivity contribution < 1.29 is 23.3 Å². The lowest BCUT2D eigenvalue weighted by molar-refractivity contribution is -0.123. The van der Waals surface area contributed by atoms with Gasteiger partial charge in [-0.3, -0.25) is 9.78 Å². The summed E-state index contributed by atoms with van der Waals surface area (Å²) in [6.45, 7) is 3.79. The van der Waals surface area contributed by atoms with Gasteiger partial charge in [0.15, 0.2) is 0 Å². The molecule has 4 aromatic rings. The van der Waals surface area contributed by atoms with E-state index in [1.165, 1.54) is 12.3 Å². The Balaban J connectivity index is 1.72. The van der Waals surface area contributed by atoms with Gasteiger partial charge in [0.25, 0.3) is 0 Å². The fourth-order valence-corrected chi connectivity index (χ4v) is 5.84. The summed E-state index contributed by atoms with van der Waals surface area (Å²) in [4.78, 5) is 17.7. The van der Waals surface area contributed by atoms with Gasteiger partial charge in [0.2, 0.25) is 15.9 Å². The molecular formula is C27H30BN3O5S. The van der Waals surface area contributed by atoms with Crippen LogP contribution < -0.4 is 10.0 Å². The smallest absolute Gasteiger partial charge is 0.426 e. The zero-order valence-corrected chi connectivity index (χ0v) is 21.5. The van der Waals surface area contributed by atoms with Gasteiger partial charge in [-0.25, -0.2) is 8.42 Å². The first-order valence-corrected chi connectivity index (χ1v) is 13.6. The molecule has 0 fully saturated rings. The Morgan fingerprint density at radius 1 is 0.946 bits per heavy atom. The molecule has 10 heteroatoms. The highest BCUT2D eigenvalue weighted by Crippen LogP contribution is 2.23. The standard InChI is InChI=1S/C27H30BN3O5S/c1-18(2)16-25(28(33)34)30-27(32)23(17-21-11-5-9-19-8-3-4-13-22(19)21)31-37(35,36)24-14-6-10-20-12-7-15-29-26(20)24/h3-15,18,23,25,31,33-34H,16-17H2,1-2H3,(H,30,32). The molecule has 0 radical (unpaired) electrons. The third kappa shape index (κ3) is 6.34. The van der Waals surface area contributed by atoms with Gasteiger partial charge in [0, 0.05) is 11.6 Å². The number of benzene rings is 3. The Hall–Kier alpha value is -3.31. The summed E-state index contributed by atoms with van der Waals surface area (Å²) < 4.78 is 29.7. The summed E-state index contributed by atoms with van der Waals surface area (Å²) in [6, 6.07) is 20.4. The Bertz CT molecular complexity index is 1500. The molecule has 0 bridgehead atoms. The lowest BCUT2D eigenvalue weighted by Crippen LogP contribution is -2.55. The number of rotatable bonds is 10. The molecule has 4 N–H and O–H groups in total. The molecule has 0 saturated heterocycles. The molecule has 0 saturated carbocycles. The average molecular weight is 519 g/mol. The molecule has 1 heterocycles. The number of carbonyl (C=O) groups is 1. The van der Waals surface area contributed by atoms with Crippen molar-refractivity contribution in [3.05, 3.63) is 84.6 Å². The molecule has 0 spiro atoms. The Morgan fingerprint density at radius 2 is 1.62 bits per heavy atom. The molecule has 4 rings (SSSR count). The molecule has 0 aliphatic rings. The molecule has 192 valence electrons. The normalized spacial score (nSPS) is 13.5. The maximum atomic E-state index is 13.6. The van der Waals surface area contributed by atoms with Crippen molar-refractivity contribution in [3.8, 4) is 0 Å². The zero-order chi connectivity index (χ0) is 26.6. The fraction of sp³-hybridized carbons (Fsp3) is 0.259. The molecule has 37 heavy (non-hydrogen) atoms. The molecule has 2 atom stereocenters. The fourth-order valence-electron chi connectivity index (χ4n) is 4.47. The number of nitrogens with zero attached hydrogens (tertiary/aromatic N) is 1. The molecule has 2 unspecified atom stereocenters. The minimum atomic E-state index is -4.18. The van der Waals surface area contributed by atoms with Crippen LogP contribution in [0.5, 0.6) is 0 Å². The van der Waals surface area contributed by atoms with E-state index in [2.05, 4.69) is 15.0 Å². The van der Waals surface area contributed by atoms with E-state index in [0.29, 0.717) is 17.3 Å². The van der Waals surface area contributed by atoms with Crippen molar-refractivity contribution in [2.24, 2.45) is 5.92 Å². The number of hydrogen-bond donors (Lipinski definition) is 4. The number of sulfonamides is 1. The Kier molecular flexibility index (Phi) is 8.24. The van der Waals surface area contributed by atoms with Crippen LogP contribution in [0.3, 0.4) is 0 Å². The highest BCUT2D eigenvalue weighted by molar-refractivity contribution is 7.89. The predicted molar refractivity (Wildman–Crippen MR) is 145 cm³/mol. The quantitative estimate of drug-likeness (QED) is 0.239. The first-order chi connectivity index (χ1) is 17.7. The van der Waals surface area contributed by atoms with Gasteiger partial charge < -0.3 is 15.4 Å². The lowest BCUT2D eigenvalue weighted by atomic mass is 9.75. The number of pyridine rings is 1. The average Bonchev–Trinajstić information content (AvgIpc) is 2.87. The molecule has 1 aromatic heterocycles. The van der Waals surface area contributed by atoms with E-state index in [-0.39, 0.29) is 17.2 Å². The molecule has 8 nitrogen and oxygen atoms in total. The number of nitrogens with one attached hydrogen (secondary N) is 2. The monoisotopic (exact) mass is 519 g/mol. The van der Waals surface area contributed by atoms with E-state index in [4.69, 9.17) is 0 Å². The first-order valence-electron chi connectivity index (χ1n) is 12.1. The summed E-state index contributed by atoms with van der Waals surface area (Å²) in [6.07, 6.45) is 1.88. The second-order valence-electron chi connectivity index (χ2n) is 9.51. The minimum absolute atomic E-state index is 0.0396. The summed E-state index contributed by atoms with van der Waals surface area (Å²) >= 11 is 0. The Morgan fingerprint density at radius 3 is 2.38 bits per heavy atom. The Labute approximate surface area is 216 Å². The molecule has 0 aliphatic carbocycles. The van der Waals surface area contributed by atoms with Gasteiger partial charge in [-0.2, -0.15) is 4.72 Å². The van der Waals surface area contributed by atoms with E-state index in [1.807, 2.05) is 56.3 Å². The number of fused-ring (bicyclic) bond motifs is 2. The highest BCUT2D eigenvalue weighted by Gasteiger charge is 2.32. The predicted octanol–water partition coefficient (Wildman–Crippen LogP) is 2.82. The van der Waals surface area contributed by atoms with Crippen LogP contribution in [0.2, 0.25) is 0 Å². The van der Waals surface area contributed by atoms with Crippen molar-refractivity contribution in [1.82, 2.24) is 15.0 Å². The van der Waals surface area contributed by atoms with Crippen LogP contribution in [0.25, 0.3) is 21.7 Å². The molecule has 3 aromatic carbocycles. The maximum Gasteiger partial charge on any atom is 0.475 e. The topological polar surface area (TPSA) is 129 Å². The molecule has 0 aliphatic heterocycles. The number of aromatic nitrogens is 1. The first kappa shape index (κ1) is 26.7. The van der Waals surface area contributed by atoms with Crippen LogP contribution in [0.4, 0.5) is 0 Å². The van der Waals surface area contributed by atoms with E-state index < -0.39 is 35.0 Å². The van der Waals surface area contributed by atoms with Gasteiger partial charge in [-0.1, -0.05) is 74.5 Å². The van der Waals surface area contributed by atoms with Crippen molar-refractivity contribution in [1.29, 1.82) is 0 Å². The van der Waals surface area contributed by atoms with Crippen molar-refractivity contribution in [2.45, 2.75) is 43.6 Å². The number of para-hydroxylation sites is 1. The van der Waals surface area contributed by atoms with E-state index in [0.717, 1.165) is 16.3 Å². The van der Waals surface area contributed by atoms with Crippen molar-refractivity contribution in [2.75, 3.05) is 0 Å². The van der Waals surface area contributed by atoms with Gasteiger partial charge in [-0.15, -0.1) is 0 Å². The highest BCUT2D eigenvalue weighted by atomic mass is 32.2. The maximum absolute atomic E-state index is 13.6. The SMILES string of the molecule is CC(C)CC(NC(=O)C(Cc1cccc2ccccc12)NS(=O)(=O)c1cccc2cccnc12)B(O)O. The molecule has 1 amide bonds. The van der Waals surface area contributed by atoms with E-state index in [9.17, 15) is 23.3 Å². The van der Waals surface area contributed by atoms with E-state index in [1.54, 1.807) is 24.3 Å². The van der Waals surface area contributed by atoms with Crippen molar-refractivity contribution >= 4 is 44.7 Å². The summed E-state index contributed by atoms with van der Waals surface area (Å²) in [7, 11) is -5.97. The third-order valence-corrected chi connectivity index (χ3v) is 7.72. The van der Waals surface area contributed by atoms with Crippen LogP contribution >= 0.6 is 0 Å². The molecular weight excluding hydrogens is 489 g/mol. The second-order valence-corrected chi connectivity index (χ2v) is 11.2.